The summed E-state index contributed by atoms with van der Waals surface area (Å²) in [6.07, 6.45) is 5.45. The van der Waals surface area contributed by atoms with Gasteiger partial charge in [-0.15, -0.1) is 0 Å². The molecule has 0 spiro atoms. The third-order valence-electron chi connectivity index (χ3n) is 2.15. The first-order valence-corrected chi connectivity index (χ1v) is 4.71. The monoisotopic (exact) mass is 200 g/mol. The predicted octanol–water partition coefficient (Wildman–Crippen LogP) is 2.46. The van der Waals surface area contributed by atoms with Crippen molar-refractivity contribution in [3.05, 3.63) is 42.4 Å². The Morgan fingerprint density at radius 2 is 1.93 bits per heavy atom. The number of rotatable bonds is 2. The zero-order valence-electron chi connectivity index (χ0n) is 8.77. The summed E-state index contributed by atoms with van der Waals surface area (Å²) in [4.78, 5) is 8.30. The number of hydrogen-bond acceptors (Lipinski definition) is 3. The molecule has 0 saturated heterocycles. The van der Waals surface area contributed by atoms with Crippen LogP contribution in [0.1, 0.15) is 5.56 Å². The zero-order valence-corrected chi connectivity index (χ0v) is 8.77. The highest BCUT2D eigenvalue weighted by Gasteiger charge is 1.99. The molecule has 2 rings (SSSR count). The van der Waals surface area contributed by atoms with Gasteiger partial charge < -0.3 is 4.74 Å². The Hall–Kier alpha value is -1.90. The second-order valence-corrected chi connectivity index (χ2v) is 3.34. The third kappa shape index (κ3) is 2.13. The van der Waals surface area contributed by atoms with Crippen molar-refractivity contribution >= 4 is 0 Å². The first-order chi connectivity index (χ1) is 7.29. The largest absolute Gasteiger partial charge is 0.481 e. The van der Waals surface area contributed by atoms with Crippen molar-refractivity contribution in [1.29, 1.82) is 0 Å². The summed E-state index contributed by atoms with van der Waals surface area (Å²) in [6, 6.07) is 5.90. The van der Waals surface area contributed by atoms with Crippen LogP contribution in [0.25, 0.3) is 11.1 Å². The van der Waals surface area contributed by atoms with E-state index in [0.717, 1.165) is 16.7 Å². The highest BCUT2D eigenvalue weighted by molar-refractivity contribution is 5.62. The maximum atomic E-state index is 5.00. The van der Waals surface area contributed by atoms with Crippen LogP contribution in [0.15, 0.2) is 36.8 Å². The normalized spacial score (nSPS) is 10.0. The third-order valence-corrected chi connectivity index (χ3v) is 2.15. The van der Waals surface area contributed by atoms with Crippen LogP contribution in [0.5, 0.6) is 5.88 Å². The summed E-state index contributed by atoms with van der Waals surface area (Å²) in [5, 5.41) is 0. The number of pyridine rings is 2. The predicted molar refractivity (Wildman–Crippen MR) is 58.8 cm³/mol. The van der Waals surface area contributed by atoms with Crippen molar-refractivity contribution in [1.82, 2.24) is 9.97 Å². The van der Waals surface area contributed by atoms with E-state index in [1.54, 1.807) is 13.3 Å². The summed E-state index contributed by atoms with van der Waals surface area (Å²) < 4.78 is 5.00. The van der Waals surface area contributed by atoms with Crippen LogP contribution in [-0.4, -0.2) is 17.1 Å². The highest BCUT2D eigenvalue weighted by Crippen LogP contribution is 2.19. The summed E-state index contributed by atoms with van der Waals surface area (Å²) >= 11 is 0. The number of methoxy groups -OCH3 is 1. The molecule has 2 heterocycles. The molecule has 0 aliphatic heterocycles. The van der Waals surface area contributed by atoms with Gasteiger partial charge in [0.15, 0.2) is 0 Å². The van der Waals surface area contributed by atoms with Gasteiger partial charge in [0.1, 0.15) is 0 Å². The lowest BCUT2D eigenvalue weighted by Crippen LogP contribution is -1.88. The molecule has 0 saturated carbocycles. The van der Waals surface area contributed by atoms with Crippen LogP contribution < -0.4 is 4.74 Å². The Morgan fingerprint density at radius 1 is 1.07 bits per heavy atom. The molecule has 0 bridgehead atoms. The molecule has 0 atom stereocenters. The Labute approximate surface area is 88.8 Å². The lowest BCUT2D eigenvalue weighted by Gasteiger charge is -2.03. The lowest BCUT2D eigenvalue weighted by molar-refractivity contribution is 0.398. The lowest BCUT2D eigenvalue weighted by atomic mass is 10.1. The SMILES string of the molecule is COc1ccc(-c2cncc(C)c2)cn1. The topological polar surface area (TPSA) is 35.0 Å². The van der Waals surface area contributed by atoms with Gasteiger partial charge in [0, 0.05) is 35.8 Å². The summed E-state index contributed by atoms with van der Waals surface area (Å²) in [6.45, 7) is 2.02. The molecule has 0 aliphatic rings. The van der Waals surface area contributed by atoms with E-state index in [1.807, 2.05) is 31.5 Å². The standard InChI is InChI=1S/C12H12N2O/c1-9-5-11(7-13-6-9)10-3-4-12(15-2)14-8-10/h3-8H,1-2H3. The molecule has 15 heavy (non-hydrogen) atoms. The van der Waals surface area contributed by atoms with Gasteiger partial charge in [0.2, 0.25) is 5.88 Å². The van der Waals surface area contributed by atoms with Crippen LogP contribution in [0.3, 0.4) is 0 Å². The van der Waals surface area contributed by atoms with Gasteiger partial charge in [-0.1, -0.05) is 0 Å². The highest BCUT2D eigenvalue weighted by atomic mass is 16.5. The Morgan fingerprint density at radius 3 is 2.53 bits per heavy atom. The van der Waals surface area contributed by atoms with Crippen LogP contribution in [-0.2, 0) is 0 Å². The van der Waals surface area contributed by atoms with Gasteiger partial charge in [-0.2, -0.15) is 0 Å². The van der Waals surface area contributed by atoms with E-state index in [2.05, 4.69) is 16.0 Å². The smallest absolute Gasteiger partial charge is 0.212 e. The van der Waals surface area contributed by atoms with Crippen molar-refractivity contribution in [2.45, 2.75) is 6.92 Å². The van der Waals surface area contributed by atoms with Crippen LogP contribution in [0, 0.1) is 6.92 Å². The Kier molecular flexibility index (Phi) is 2.63. The molecule has 2 aromatic rings. The molecule has 0 aromatic carbocycles. The quantitative estimate of drug-likeness (QED) is 0.747. The molecule has 0 unspecified atom stereocenters. The van der Waals surface area contributed by atoms with E-state index in [-0.39, 0.29) is 0 Å². The van der Waals surface area contributed by atoms with Crippen molar-refractivity contribution in [2.24, 2.45) is 0 Å². The van der Waals surface area contributed by atoms with Crippen LogP contribution in [0.2, 0.25) is 0 Å². The van der Waals surface area contributed by atoms with E-state index in [0.29, 0.717) is 5.88 Å². The van der Waals surface area contributed by atoms with E-state index in [1.165, 1.54) is 0 Å². The minimum Gasteiger partial charge on any atom is -0.481 e. The van der Waals surface area contributed by atoms with Crippen LogP contribution >= 0.6 is 0 Å². The molecular formula is C12H12N2O. The van der Waals surface area contributed by atoms with E-state index in [9.17, 15) is 0 Å². The average molecular weight is 200 g/mol. The minimum atomic E-state index is 0.624. The minimum absolute atomic E-state index is 0.624. The number of ether oxygens (including phenoxy) is 1. The van der Waals surface area contributed by atoms with Gasteiger partial charge in [0.25, 0.3) is 0 Å². The van der Waals surface area contributed by atoms with Crippen molar-refractivity contribution in [3.63, 3.8) is 0 Å². The number of hydrogen-bond donors (Lipinski definition) is 0. The zero-order chi connectivity index (χ0) is 10.7. The first-order valence-electron chi connectivity index (χ1n) is 4.71. The molecule has 0 amide bonds. The molecule has 76 valence electrons. The summed E-state index contributed by atoms with van der Waals surface area (Å²) in [7, 11) is 1.61. The van der Waals surface area contributed by atoms with E-state index in [4.69, 9.17) is 4.74 Å². The van der Waals surface area contributed by atoms with Gasteiger partial charge >= 0.3 is 0 Å². The fraction of sp³-hybridized carbons (Fsp3) is 0.167. The second kappa shape index (κ2) is 4.09. The molecule has 2 aromatic heterocycles. The molecule has 0 fully saturated rings. The van der Waals surface area contributed by atoms with Crippen molar-refractivity contribution in [2.75, 3.05) is 7.11 Å². The maximum absolute atomic E-state index is 5.00. The van der Waals surface area contributed by atoms with Gasteiger partial charge in [-0.25, -0.2) is 4.98 Å². The number of nitrogens with zero attached hydrogens (tertiary/aromatic N) is 2. The number of aryl methyl sites for hydroxylation is 1. The summed E-state index contributed by atoms with van der Waals surface area (Å²) in [5.74, 6) is 0.624. The van der Waals surface area contributed by atoms with Gasteiger partial charge in [-0.05, 0) is 24.6 Å². The Balaban J connectivity index is 2.37. The van der Waals surface area contributed by atoms with Gasteiger partial charge in [0.05, 0.1) is 7.11 Å². The fourth-order valence-corrected chi connectivity index (χ4v) is 1.38. The number of aromatic nitrogens is 2. The average Bonchev–Trinajstić information content (AvgIpc) is 2.29. The van der Waals surface area contributed by atoms with Crippen LogP contribution in [0.4, 0.5) is 0 Å². The molecular weight excluding hydrogens is 188 g/mol. The summed E-state index contributed by atoms with van der Waals surface area (Å²) in [5.41, 5.74) is 3.26. The molecule has 0 aliphatic carbocycles. The van der Waals surface area contributed by atoms with Gasteiger partial charge in [-0.3, -0.25) is 4.98 Å². The molecule has 3 nitrogen and oxygen atoms in total. The maximum Gasteiger partial charge on any atom is 0.212 e. The van der Waals surface area contributed by atoms with Crippen molar-refractivity contribution in [3.8, 4) is 17.0 Å². The Bertz CT molecular complexity index is 451. The molecule has 0 radical (unpaired) electrons. The molecule has 3 heteroatoms. The second-order valence-electron chi connectivity index (χ2n) is 3.34. The first kappa shape index (κ1) is 9.65. The fourth-order valence-electron chi connectivity index (χ4n) is 1.38. The molecule has 0 N–H and O–H groups in total. The van der Waals surface area contributed by atoms with E-state index < -0.39 is 0 Å². The van der Waals surface area contributed by atoms with E-state index >= 15 is 0 Å². The van der Waals surface area contributed by atoms with Crippen molar-refractivity contribution < 1.29 is 4.74 Å².